The van der Waals surface area contributed by atoms with Gasteiger partial charge in [0.2, 0.25) is 0 Å². The van der Waals surface area contributed by atoms with Crippen molar-refractivity contribution in [3.8, 4) is 5.75 Å². The van der Waals surface area contributed by atoms with Gasteiger partial charge in [-0.3, -0.25) is 4.57 Å². The molecule has 3 aromatic carbocycles. The first-order chi connectivity index (χ1) is 19.2. The van der Waals surface area contributed by atoms with Crippen LogP contribution in [-0.4, -0.2) is 53.3 Å². The molecule has 40 heavy (non-hydrogen) atoms. The Morgan fingerprint density at radius 3 is 2.27 bits per heavy atom. The standard InChI is InChI=1S/C33H38N2O5/c1-33(2,3)40-32(37)35-20-24(26-17-25(38-4)15-16-28(26)35)19-34-27-21-39-30(18-29(27)36)31(22-11-7-5-8-12-22)23-13-9-6-10-14-23/h5-17,20,27,29-31,34,36H,18-19,21H2,1-4H3. The molecule has 4 aromatic rings. The Balaban J connectivity index is 1.33. The number of aliphatic hydroxyl groups is 1. The van der Waals surface area contributed by atoms with E-state index in [0.29, 0.717) is 25.3 Å². The lowest BCUT2D eigenvalue weighted by Crippen LogP contribution is -2.50. The molecule has 7 heteroatoms. The molecule has 3 unspecified atom stereocenters. The van der Waals surface area contributed by atoms with Crippen LogP contribution in [0.5, 0.6) is 5.75 Å². The van der Waals surface area contributed by atoms with E-state index in [4.69, 9.17) is 14.2 Å². The molecular weight excluding hydrogens is 504 g/mol. The second kappa shape index (κ2) is 11.8. The highest BCUT2D eigenvalue weighted by Crippen LogP contribution is 2.35. The molecule has 1 saturated heterocycles. The first-order valence-corrected chi connectivity index (χ1v) is 13.8. The second-order valence-corrected chi connectivity index (χ2v) is 11.3. The zero-order valence-corrected chi connectivity index (χ0v) is 23.5. The number of carbonyl (C=O) groups excluding carboxylic acids is 1. The summed E-state index contributed by atoms with van der Waals surface area (Å²) < 4.78 is 19.0. The number of methoxy groups -OCH3 is 1. The SMILES string of the molecule is COc1ccc2c(c1)c(CNC1COC(C(c3ccccc3)c3ccccc3)CC1O)cn2C(=O)OC(C)(C)C. The molecule has 1 aromatic heterocycles. The summed E-state index contributed by atoms with van der Waals surface area (Å²) in [5.74, 6) is 0.727. The van der Waals surface area contributed by atoms with Crippen LogP contribution in [0.25, 0.3) is 10.9 Å². The fraction of sp³-hybridized carbons (Fsp3) is 0.364. The Kier molecular flexibility index (Phi) is 8.26. The van der Waals surface area contributed by atoms with Gasteiger partial charge in [0.05, 0.1) is 37.5 Å². The van der Waals surface area contributed by atoms with Crippen LogP contribution in [0.1, 0.15) is 49.8 Å². The highest BCUT2D eigenvalue weighted by Gasteiger charge is 2.35. The Bertz CT molecular complexity index is 1390. The number of aromatic nitrogens is 1. The fourth-order valence-corrected chi connectivity index (χ4v) is 5.43. The molecule has 5 rings (SSSR count). The molecular formula is C33H38N2O5. The van der Waals surface area contributed by atoms with Crippen LogP contribution >= 0.6 is 0 Å². The van der Waals surface area contributed by atoms with E-state index >= 15 is 0 Å². The van der Waals surface area contributed by atoms with Crippen LogP contribution < -0.4 is 10.1 Å². The van der Waals surface area contributed by atoms with Crippen molar-refractivity contribution in [1.29, 1.82) is 0 Å². The smallest absolute Gasteiger partial charge is 0.419 e. The van der Waals surface area contributed by atoms with Crippen LogP contribution in [0.4, 0.5) is 4.79 Å². The zero-order chi connectivity index (χ0) is 28.3. The van der Waals surface area contributed by atoms with Gasteiger partial charge in [0.1, 0.15) is 11.4 Å². The molecule has 0 amide bonds. The molecule has 210 valence electrons. The van der Waals surface area contributed by atoms with E-state index in [1.54, 1.807) is 13.3 Å². The molecule has 7 nitrogen and oxygen atoms in total. The maximum atomic E-state index is 13.0. The third-order valence-corrected chi connectivity index (χ3v) is 7.36. The van der Waals surface area contributed by atoms with Crippen molar-refractivity contribution in [3.63, 3.8) is 0 Å². The predicted molar refractivity (Wildman–Crippen MR) is 156 cm³/mol. The van der Waals surface area contributed by atoms with Gasteiger partial charge < -0.3 is 24.6 Å². The van der Waals surface area contributed by atoms with Gasteiger partial charge in [-0.1, -0.05) is 60.7 Å². The molecule has 0 bridgehead atoms. The number of fused-ring (bicyclic) bond motifs is 1. The second-order valence-electron chi connectivity index (χ2n) is 11.3. The van der Waals surface area contributed by atoms with Gasteiger partial charge in [0.25, 0.3) is 0 Å². The molecule has 2 N–H and O–H groups in total. The van der Waals surface area contributed by atoms with Crippen molar-refractivity contribution in [2.24, 2.45) is 0 Å². The minimum Gasteiger partial charge on any atom is -0.497 e. The molecule has 0 spiro atoms. The summed E-state index contributed by atoms with van der Waals surface area (Å²) in [4.78, 5) is 13.0. The summed E-state index contributed by atoms with van der Waals surface area (Å²) >= 11 is 0. The molecule has 0 saturated carbocycles. The van der Waals surface area contributed by atoms with E-state index < -0.39 is 17.8 Å². The van der Waals surface area contributed by atoms with E-state index in [1.807, 2.05) is 75.4 Å². The van der Waals surface area contributed by atoms with Crippen LogP contribution in [-0.2, 0) is 16.0 Å². The fourth-order valence-electron chi connectivity index (χ4n) is 5.43. The Morgan fingerprint density at radius 2 is 1.70 bits per heavy atom. The number of nitrogens with one attached hydrogen (secondary N) is 1. The molecule has 1 aliphatic heterocycles. The van der Waals surface area contributed by atoms with Gasteiger partial charge >= 0.3 is 6.09 Å². The van der Waals surface area contributed by atoms with E-state index in [1.165, 1.54) is 15.7 Å². The largest absolute Gasteiger partial charge is 0.497 e. The van der Waals surface area contributed by atoms with Crippen molar-refractivity contribution in [2.45, 2.75) is 63.5 Å². The average Bonchev–Trinajstić information content (AvgIpc) is 3.31. The summed E-state index contributed by atoms with van der Waals surface area (Å²) in [7, 11) is 1.62. The average molecular weight is 543 g/mol. The van der Waals surface area contributed by atoms with Crippen molar-refractivity contribution in [3.05, 3.63) is 102 Å². The maximum absolute atomic E-state index is 13.0. The lowest BCUT2D eigenvalue weighted by molar-refractivity contribution is -0.0717. The topological polar surface area (TPSA) is 82.0 Å². The zero-order valence-electron chi connectivity index (χ0n) is 23.5. The van der Waals surface area contributed by atoms with E-state index in [-0.39, 0.29) is 18.1 Å². The van der Waals surface area contributed by atoms with Crippen molar-refractivity contribution >= 4 is 17.0 Å². The van der Waals surface area contributed by atoms with E-state index in [9.17, 15) is 9.90 Å². The van der Waals surface area contributed by atoms with Gasteiger partial charge in [-0.05, 0) is 55.7 Å². The number of hydrogen-bond acceptors (Lipinski definition) is 6. The summed E-state index contributed by atoms with van der Waals surface area (Å²) in [6.45, 7) is 6.35. The Hall–Kier alpha value is -3.65. The highest BCUT2D eigenvalue weighted by molar-refractivity contribution is 5.93. The first-order valence-electron chi connectivity index (χ1n) is 13.8. The summed E-state index contributed by atoms with van der Waals surface area (Å²) in [5.41, 5.74) is 3.36. The third kappa shape index (κ3) is 6.22. The normalized spacial score (nSPS) is 19.6. The summed E-state index contributed by atoms with van der Waals surface area (Å²) in [6, 6.07) is 26.0. The van der Waals surface area contributed by atoms with Gasteiger partial charge in [0, 0.05) is 30.5 Å². The quantitative estimate of drug-likeness (QED) is 0.304. The minimum absolute atomic E-state index is 0.0252. The summed E-state index contributed by atoms with van der Waals surface area (Å²) in [5, 5.41) is 15.6. The molecule has 1 aliphatic rings. The first kappa shape index (κ1) is 27.9. The highest BCUT2D eigenvalue weighted by atomic mass is 16.6. The number of hydrogen-bond donors (Lipinski definition) is 2. The van der Waals surface area contributed by atoms with Crippen LogP contribution in [0.3, 0.4) is 0 Å². The molecule has 1 fully saturated rings. The Labute approximate surface area is 235 Å². The van der Waals surface area contributed by atoms with Crippen molar-refractivity contribution < 1.29 is 24.1 Å². The lowest BCUT2D eigenvalue weighted by Gasteiger charge is -2.38. The third-order valence-electron chi connectivity index (χ3n) is 7.36. The van der Waals surface area contributed by atoms with Gasteiger partial charge in [-0.25, -0.2) is 4.79 Å². The minimum atomic E-state index is -0.615. The number of benzene rings is 3. The number of aliphatic hydroxyl groups excluding tert-OH is 1. The summed E-state index contributed by atoms with van der Waals surface area (Å²) in [6.07, 6.45) is 1.11. The molecule has 0 radical (unpaired) electrons. The van der Waals surface area contributed by atoms with Gasteiger partial charge in [-0.15, -0.1) is 0 Å². The number of carbonyl (C=O) groups is 1. The molecule has 3 atom stereocenters. The monoisotopic (exact) mass is 542 g/mol. The lowest BCUT2D eigenvalue weighted by atomic mass is 9.82. The number of ether oxygens (including phenoxy) is 3. The van der Waals surface area contributed by atoms with Crippen LogP contribution in [0, 0.1) is 0 Å². The maximum Gasteiger partial charge on any atom is 0.419 e. The number of rotatable bonds is 7. The molecule has 0 aliphatic carbocycles. The van der Waals surface area contributed by atoms with E-state index in [0.717, 1.165) is 16.5 Å². The van der Waals surface area contributed by atoms with Crippen LogP contribution in [0.2, 0.25) is 0 Å². The van der Waals surface area contributed by atoms with Gasteiger partial charge in [-0.2, -0.15) is 0 Å². The number of nitrogens with zero attached hydrogens (tertiary/aromatic N) is 1. The predicted octanol–water partition coefficient (Wildman–Crippen LogP) is 5.87. The van der Waals surface area contributed by atoms with E-state index in [2.05, 4.69) is 29.6 Å². The molecule has 2 heterocycles. The Morgan fingerprint density at radius 1 is 1.05 bits per heavy atom. The van der Waals surface area contributed by atoms with Crippen LogP contribution in [0.15, 0.2) is 85.1 Å². The van der Waals surface area contributed by atoms with Gasteiger partial charge in [0.15, 0.2) is 0 Å². The van der Waals surface area contributed by atoms with Crippen molar-refractivity contribution in [2.75, 3.05) is 13.7 Å². The van der Waals surface area contributed by atoms with Crippen molar-refractivity contribution in [1.82, 2.24) is 9.88 Å².